The predicted molar refractivity (Wildman–Crippen MR) is 63.3 cm³/mol. The summed E-state index contributed by atoms with van der Waals surface area (Å²) in [6.45, 7) is 1.83. The number of hydrogen-bond acceptors (Lipinski definition) is 4. The van der Waals surface area contributed by atoms with Crippen LogP contribution in [0.2, 0.25) is 0 Å². The van der Waals surface area contributed by atoms with Gasteiger partial charge in [0.05, 0.1) is 14.2 Å². The summed E-state index contributed by atoms with van der Waals surface area (Å²) in [6, 6.07) is 5.05. The fourth-order valence-electron chi connectivity index (χ4n) is 1.41. The lowest BCUT2D eigenvalue weighted by Crippen LogP contribution is -2.20. The van der Waals surface area contributed by atoms with Gasteiger partial charge in [-0.15, -0.1) is 11.6 Å². The Bertz CT molecular complexity index is 442. The maximum Gasteiger partial charge on any atom is 0.376 e. The molecule has 0 fully saturated rings. The van der Waals surface area contributed by atoms with Gasteiger partial charge in [-0.3, -0.25) is 4.79 Å². The van der Waals surface area contributed by atoms with Crippen LogP contribution >= 0.6 is 11.6 Å². The van der Waals surface area contributed by atoms with E-state index >= 15 is 0 Å². The van der Waals surface area contributed by atoms with Crippen molar-refractivity contribution in [1.82, 2.24) is 0 Å². The first-order chi connectivity index (χ1) is 8.01. The number of alkyl halides is 1. The van der Waals surface area contributed by atoms with Crippen LogP contribution in [0.4, 0.5) is 0 Å². The molecule has 1 unspecified atom stereocenters. The van der Waals surface area contributed by atoms with E-state index < -0.39 is 17.1 Å². The van der Waals surface area contributed by atoms with Gasteiger partial charge in [-0.05, 0) is 24.1 Å². The molecule has 0 saturated carbocycles. The van der Waals surface area contributed by atoms with Crippen LogP contribution in [0, 0.1) is 6.92 Å². The summed E-state index contributed by atoms with van der Waals surface area (Å²) in [6.07, 6.45) is 0. The summed E-state index contributed by atoms with van der Waals surface area (Å²) in [5.41, 5.74) is 1.38. The first-order valence-corrected chi connectivity index (χ1v) is 5.35. The number of Topliss-reactive ketones (excluding diaryl/α,β-unsaturated/α-hetero) is 1. The number of esters is 1. The molecule has 0 aromatic heterocycles. The van der Waals surface area contributed by atoms with Crippen molar-refractivity contribution in [2.75, 3.05) is 14.2 Å². The number of rotatable bonds is 4. The third-order valence-corrected chi connectivity index (χ3v) is 2.78. The second kappa shape index (κ2) is 5.68. The van der Waals surface area contributed by atoms with Gasteiger partial charge < -0.3 is 9.47 Å². The molecule has 0 radical (unpaired) electrons. The molecule has 0 saturated heterocycles. The molecule has 0 aliphatic rings. The van der Waals surface area contributed by atoms with Crippen LogP contribution in [0.25, 0.3) is 0 Å². The molecule has 0 heterocycles. The Balaban J connectivity index is 2.97. The quantitative estimate of drug-likeness (QED) is 0.470. The van der Waals surface area contributed by atoms with Crippen molar-refractivity contribution < 1.29 is 19.1 Å². The highest BCUT2D eigenvalue weighted by Crippen LogP contribution is 2.27. The van der Waals surface area contributed by atoms with Crippen molar-refractivity contribution in [1.29, 1.82) is 0 Å². The number of ketones is 1. The molecule has 17 heavy (non-hydrogen) atoms. The maximum atomic E-state index is 11.5. The standard InChI is InChI=1S/C12H13ClO4/c1-7-6-8(4-5-9(7)16-2)10(13)11(14)12(15)17-3/h4-6,10H,1-3H3. The molecule has 1 rings (SSSR count). The van der Waals surface area contributed by atoms with Crippen LogP contribution < -0.4 is 4.74 Å². The first-order valence-electron chi connectivity index (χ1n) is 4.92. The number of aryl methyl sites for hydroxylation is 1. The Morgan fingerprint density at radius 1 is 1.29 bits per heavy atom. The van der Waals surface area contributed by atoms with Crippen LogP contribution in [0.15, 0.2) is 18.2 Å². The van der Waals surface area contributed by atoms with Crippen molar-refractivity contribution in [3.63, 3.8) is 0 Å². The Hall–Kier alpha value is -1.55. The zero-order valence-electron chi connectivity index (χ0n) is 9.82. The molecular weight excluding hydrogens is 244 g/mol. The first kappa shape index (κ1) is 13.5. The second-order valence-electron chi connectivity index (χ2n) is 3.45. The zero-order chi connectivity index (χ0) is 13.0. The lowest BCUT2D eigenvalue weighted by molar-refractivity contribution is -0.151. The van der Waals surface area contributed by atoms with Crippen molar-refractivity contribution in [3.8, 4) is 5.75 Å². The van der Waals surface area contributed by atoms with Crippen LogP contribution in [0.3, 0.4) is 0 Å². The van der Waals surface area contributed by atoms with E-state index in [0.29, 0.717) is 11.3 Å². The second-order valence-corrected chi connectivity index (χ2v) is 3.88. The summed E-state index contributed by atoms with van der Waals surface area (Å²) in [7, 11) is 2.70. The fraction of sp³-hybridized carbons (Fsp3) is 0.333. The van der Waals surface area contributed by atoms with Gasteiger partial charge >= 0.3 is 5.97 Å². The number of ether oxygens (including phenoxy) is 2. The summed E-state index contributed by atoms with van der Waals surface area (Å²) >= 11 is 5.91. The number of benzene rings is 1. The summed E-state index contributed by atoms with van der Waals surface area (Å²) < 4.78 is 9.42. The third kappa shape index (κ3) is 2.97. The van der Waals surface area contributed by atoms with Crippen LogP contribution in [-0.2, 0) is 14.3 Å². The minimum Gasteiger partial charge on any atom is -0.496 e. The molecule has 1 aromatic carbocycles. The van der Waals surface area contributed by atoms with E-state index in [-0.39, 0.29) is 0 Å². The van der Waals surface area contributed by atoms with Gasteiger partial charge in [0.1, 0.15) is 11.1 Å². The number of methoxy groups -OCH3 is 2. The van der Waals surface area contributed by atoms with Crippen LogP contribution in [-0.4, -0.2) is 26.0 Å². The maximum absolute atomic E-state index is 11.5. The summed E-state index contributed by atoms with van der Waals surface area (Å²) in [5, 5.41) is -1.04. The van der Waals surface area contributed by atoms with Crippen LogP contribution in [0.1, 0.15) is 16.5 Å². The predicted octanol–water partition coefficient (Wildman–Crippen LogP) is 2.03. The number of hydrogen-bond donors (Lipinski definition) is 0. The number of halogens is 1. The third-order valence-electron chi connectivity index (χ3n) is 2.33. The Morgan fingerprint density at radius 3 is 2.41 bits per heavy atom. The molecular formula is C12H13ClO4. The minimum atomic E-state index is -1.04. The highest BCUT2D eigenvalue weighted by Gasteiger charge is 2.25. The molecule has 1 atom stereocenters. The van der Waals surface area contributed by atoms with Crippen molar-refractivity contribution in [2.24, 2.45) is 0 Å². The molecule has 1 aromatic rings. The topological polar surface area (TPSA) is 52.6 Å². The van der Waals surface area contributed by atoms with E-state index in [9.17, 15) is 9.59 Å². The fourth-order valence-corrected chi connectivity index (χ4v) is 1.64. The van der Waals surface area contributed by atoms with Gasteiger partial charge in [-0.2, -0.15) is 0 Å². The number of carbonyl (C=O) groups excluding carboxylic acids is 2. The van der Waals surface area contributed by atoms with E-state index in [0.717, 1.165) is 12.7 Å². The molecule has 5 heteroatoms. The van der Waals surface area contributed by atoms with E-state index in [4.69, 9.17) is 16.3 Å². The lowest BCUT2D eigenvalue weighted by atomic mass is 10.1. The van der Waals surface area contributed by atoms with E-state index in [1.165, 1.54) is 0 Å². The zero-order valence-corrected chi connectivity index (χ0v) is 10.6. The van der Waals surface area contributed by atoms with Crippen molar-refractivity contribution in [3.05, 3.63) is 29.3 Å². The van der Waals surface area contributed by atoms with E-state index in [2.05, 4.69) is 4.74 Å². The molecule has 0 aliphatic carbocycles. The molecule has 92 valence electrons. The normalized spacial score (nSPS) is 11.8. The van der Waals surface area contributed by atoms with Gasteiger partial charge in [-0.1, -0.05) is 12.1 Å². The Labute approximate surface area is 104 Å². The highest BCUT2D eigenvalue weighted by atomic mass is 35.5. The summed E-state index contributed by atoms with van der Waals surface area (Å²) in [5.74, 6) is -1.03. The van der Waals surface area contributed by atoms with Gasteiger partial charge in [-0.25, -0.2) is 4.79 Å². The summed E-state index contributed by atoms with van der Waals surface area (Å²) in [4.78, 5) is 22.6. The molecule has 0 aliphatic heterocycles. The van der Waals surface area contributed by atoms with Gasteiger partial charge in [0.25, 0.3) is 5.78 Å². The van der Waals surface area contributed by atoms with Gasteiger partial charge in [0, 0.05) is 0 Å². The average molecular weight is 257 g/mol. The minimum absolute atomic E-state index is 0.542. The Morgan fingerprint density at radius 2 is 1.94 bits per heavy atom. The lowest BCUT2D eigenvalue weighted by Gasteiger charge is -2.10. The molecule has 0 N–H and O–H groups in total. The smallest absolute Gasteiger partial charge is 0.376 e. The molecule has 0 bridgehead atoms. The SMILES string of the molecule is COC(=O)C(=O)C(Cl)c1ccc(OC)c(C)c1. The van der Waals surface area contributed by atoms with Gasteiger partial charge in [0.2, 0.25) is 0 Å². The van der Waals surface area contributed by atoms with Crippen LogP contribution in [0.5, 0.6) is 5.75 Å². The van der Waals surface area contributed by atoms with E-state index in [1.807, 2.05) is 6.92 Å². The highest BCUT2D eigenvalue weighted by molar-refractivity contribution is 6.47. The van der Waals surface area contributed by atoms with Crippen molar-refractivity contribution >= 4 is 23.4 Å². The average Bonchev–Trinajstić information content (AvgIpc) is 2.35. The van der Waals surface area contributed by atoms with Gasteiger partial charge in [0.15, 0.2) is 0 Å². The largest absolute Gasteiger partial charge is 0.496 e. The molecule has 0 spiro atoms. The monoisotopic (exact) mass is 256 g/mol. The molecule has 0 amide bonds. The molecule has 4 nitrogen and oxygen atoms in total. The van der Waals surface area contributed by atoms with E-state index in [1.54, 1.807) is 25.3 Å². The number of carbonyl (C=O) groups is 2. The van der Waals surface area contributed by atoms with Crippen molar-refractivity contribution in [2.45, 2.75) is 12.3 Å². The Kier molecular flexibility index (Phi) is 4.52.